The molecule has 0 aromatic heterocycles. The molecule has 2 rings (SSSR count). The van der Waals surface area contributed by atoms with E-state index in [0.717, 1.165) is 29.9 Å². The molecule has 0 aliphatic rings. The summed E-state index contributed by atoms with van der Waals surface area (Å²) in [5, 5.41) is 15.2. The molecule has 0 saturated carbocycles. The second-order valence-electron chi connectivity index (χ2n) is 6.29. The van der Waals surface area contributed by atoms with Crippen LogP contribution in [0.5, 0.6) is 11.5 Å². The van der Waals surface area contributed by atoms with E-state index in [2.05, 4.69) is 15.6 Å². The van der Waals surface area contributed by atoms with Gasteiger partial charge in [0.25, 0.3) is 0 Å². The van der Waals surface area contributed by atoms with Crippen molar-refractivity contribution in [1.29, 1.82) is 5.26 Å². The summed E-state index contributed by atoms with van der Waals surface area (Å²) in [7, 11) is 3.29. The first kappa shape index (κ1) is 25.5. The SMILES string of the molecule is CCOc1cc(CCCNC(=NC)NCc2cc(C#N)ccc2F)ccc1OC.I. The Balaban J connectivity index is 0.00000450. The Labute approximate surface area is 194 Å². The first-order chi connectivity index (χ1) is 14.1. The molecule has 0 bridgehead atoms. The summed E-state index contributed by atoms with van der Waals surface area (Å²) >= 11 is 0. The third kappa shape index (κ3) is 7.71. The molecular weight excluding hydrogens is 498 g/mol. The highest BCUT2D eigenvalue weighted by Gasteiger charge is 2.07. The Bertz CT molecular complexity index is 884. The minimum atomic E-state index is -0.350. The van der Waals surface area contributed by atoms with Crippen LogP contribution in [-0.4, -0.2) is 33.3 Å². The van der Waals surface area contributed by atoms with Crippen molar-refractivity contribution in [2.45, 2.75) is 26.3 Å². The van der Waals surface area contributed by atoms with Crippen molar-refractivity contribution in [3.05, 3.63) is 58.9 Å². The third-order valence-corrected chi connectivity index (χ3v) is 4.31. The third-order valence-electron chi connectivity index (χ3n) is 4.31. The van der Waals surface area contributed by atoms with E-state index in [1.165, 1.54) is 18.2 Å². The second kappa shape index (κ2) is 13.6. The van der Waals surface area contributed by atoms with Crippen LogP contribution >= 0.6 is 24.0 Å². The smallest absolute Gasteiger partial charge is 0.191 e. The number of halogens is 2. The zero-order valence-electron chi connectivity index (χ0n) is 17.5. The van der Waals surface area contributed by atoms with E-state index in [4.69, 9.17) is 14.7 Å². The van der Waals surface area contributed by atoms with Crippen LogP contribution in [0.2, 0.25) is 0 Å². The first-order valence-electron chi connectivity index (χ1n) is 9.54. The predicted octanol–water partition coefficient (Wildman–Crippen LogP) is 4.02. The van der Waals surface area contributed by atoms with Gasteiger partial charge in [-0.2, -0.15) is 5.26 Å². The molecule has 0 aliphatic carbocycles. The molecule has 0 atom stereocenters. The van der Waals surface area contributed by atoms with Crippen LogP contribution in [0.1, 0.15) is 30.0 Å². The molecular formula is C22H28FIN4O2. The van der Waals surface area contributed by atoms with Gasteiger partial charge in [-0.3, -0.25) is 4.99 Å². The van der Waals surface area contributed by atoms with Crippen molar-refractivity contribution in [3.63, 3.8) is 0 Å². The summed E-state index contributed by atoms with van der Waals surface area (Å²) < 4.78 is 24.8. The lowest BCUT2D eigenvalue weighted by molar-refractivity contribution is 0.310. The Hall–Kier alpha value is -2.54. The topological polar surface area (TPSA) is 78.7 Å². The van der Waals surface area contributed by atoms with E-state index in [9.17, 15) is 4.39 Å². The molecule has 0 fully saturated rings. The maximum Gasteiger partial charge on any atom is 0.191 e. The summed E-state index contributed by atoms with van der Waals surface area (Å²) in [6, 6.07) is 12.3. The Morgan fingerprint density at radius 3 is 2.63 bits per heavy atom. The van der Waals surface area contributed by atoms with Crippen LogP contribution in [0.15, 0.2) is 41.4 Å². The maximum absolute atomic E-state index is 13.9. The molecule has 0 spiro atoms. The summed E-state index contributed by atoms with van der Waals surface area (Å²) in [6.07, 6.45) is 1.75. The average molecular weight is 526 g/mol. The van der Waals surface area contributed by atoms with E-state index < -0.39 is 0 Å². The Morgan fingerprint density at radius 2 is 1.97 bits per heavy atom. The zero-order chi connectivity index (χ0) is 21.1. The van der Waals surface area contributed by atoms with Gasteiger partial charge in [0.2, 0.25) is 0 Å². The summed E-state index contributed by atoms with van der Waals surface area (Å²) in [5.41, 5.74) is 2.01. The van der Waals surface area contributed by atoms with Gasteiger partial charge in [-0.1, -0.05) is 6.07 Å². The van der Waals surface area contributed by atoms with Crippen LogP contribution < -0.4 is 20.1 Å². The van der Waals surface area contributed by atoms with Gasteiger partial charge in [0.15, 0.2) is 17.5 Å². The van der Waals surface area contributed by atoms with Crippen LogP contribution in [0.4, 0.5) is 4.39 Å². The minimum Gasteiger partial charge on any atom is -0.493 e. The number of nitrogens with one attached hydrogen (secondary N) is 2. The molecule has 2 aromatic rings. The van der Waals surface area contributed by atoms with Crippen molar-refractivity contribution in [2.24, 2.45) is 4.99 Å². The molecule has 30 heavy (non-hydrogen) atoms. The van der Waals surface area contributed by atoms with Crippen molar-refractivity contribution in [2.75, 3.05) is 27.3 Å². The standard InChI is InChI=1S/C22H27FN4O2.HI/c1-4-29-21-13-16(8-10-20(21)28-3)6-5-11-26-22(25-2)27-15-18-12-17(14-24)7-9-19(18)23;/h7-10,12-13H,4-6,11,15H2,1-3H3,(H2,25,26,27);1H. The van der Waals surface area contributed by atoms with Gasteiger partial charge in [0, 0.05) is 25.7 Å². The summed E-state index contributed by atoms with van der Waals surface area (Å²) in [6.45, 7) is 3.48. The van der Waals surface area contributed by atoms with E-state index >= 15 is 0 Å². The van der Waals surface area contributed by atoms with Gasteiger partial charge in [-0.15, -0.1) is 24.0 Å². The molecule has 0 amide bonds. The van der Waals surface area contributed by atoms with E-state index in [1.807, 2.05) is 31.2 Å². The number of hydrogen-bond acceptors (Lipinski definition) is 4. The molecule has 6 nitrogen and oxygen atoms in total. The monoisotopic (exact) mass is 526 g/mol. The summed E-state index contributed by atoms with van der Waals surface area (Å²) in [5.74, 6) is 1.71. The largest absolute Gasteiger partial charge is 0.493 e. The number of aryl methyl sites for hydroxylation is 1. The number of guanidine groups is 1. The number of methoxy groups -OCH3 is 1. The zero-order valence-corrected chi connectivity index (χ0v) is 19.8. The van der Waals surface area contributed by atoms with E-state index in [-0.39, 0.29) is 36.3 Å². The highest BCUT2D eigenvalue weighted by atomic mass is 127. The number of benzene rings is 2. The van der Waals surface area contributed by atoms with E-state index in [0.29, 0.717) is 30.2 Å². The molecule has 162 valence electrons. The minimum absolute atomic E-state index is 0. The highest BCUT2D eigenvalue weighted by molar-refractivity contribution is 14.0. The van der Waals surface area contributed by atoms with Crippen LogP contribution in [0.3, 0.4) is 0 Å². The summed E-state index contributed by atoms with van der Waals surface area (Å²) in [4.78, 5) is 4.15. The fraction of sp³-hybridized carbons (Fsp3) is 0.364. The van der Waals surface area contributed by atoms with Crippen molar-refractivity contribution in [3.8, 4) is 17.6 Å². The first-order valence-corrected chi connectivity index (χ1v) is 9.54. The second-order valence-corrected chi connectivity index (χ2v) is 6.29. The maximum atomic E-state index is 13.9. The van der Waals surface area contributed by atoms with Crippen LogP contribution in [0.25, 0.3) is 0 Å². The van der Waals surface area contributed by atoms with Gasteiger partial charge in [0.1, 0.15) is 5.82 Å². The normalized spacial score (nSPS) is 10.6. The number of hydrogen-bond donors (Lipinski definition) is 2. The average Bonchev–Trinajstić information content (AvgIpc) is 2.74. The highest BCUT2D eigenvalue weighted by Crippen LogP contribution is 2.28. The fourth-order valence-corrected chi connectivity index (χ4v) is 2.82. The number of aliphatic imine (C=N–C) groups is 1. The fourth-order valence-electron chi connectivity index (χ4n) is 2.82. The molecule has 0 radical (unpaired) electrons. The van der Waals surface area contributed by atoms with Gasteiger partial charge < -0.3 is 20.1 Å². The Morgan fingerprint density at radius 1 is 1.17 bits per heavy atom. The molecule has 0 unspecified atom stereocenters. The Kier molecular flexibility index (Phi) is 11.6. The van der Waals surface area contributed by atoms with Crippen LogP contribution in [0, 0.1) is 17.1 Å². The molecule has 0 aliphatic heterocycles. The van der Waals surface area contributed by atoms with Gasteiger partial charge >= 0.3 is 0 Å². The lowest BCUT2D eigenvalue weighted by Gasteiger charge is -2.13. The number of nitriles is 1. The van der Waals surface area contributed by atoms with Crippen molar-refractivity contribution in [1.82, 2.24) is 10.6 Å². The van der Waals surface area contributed by atoms with Gasteiger partial charge in [-0.25, -0.2) is 4.39 Å². The predicted molar refractivity (Wildman–Crippen MR) is 127 cm³/mol. The molecule has 2 aromatic carbocycles. The lowest BCUT2D eigenvalue weighted by atomic mass is 10.1. The number of rotatable bonds is 9. The molecule has 0 saturated heterocycles. The molecule has 2 N–H and O–H groups in total. The molecule has 8 heteroatoms. The van der Waals surface area contributed by atoms with Gasteiger partial charge in [-0.05, 0) is 55.7 Å². The van der Waals surface area contributed by atoms with Crippen molar-refractivity contribution >= 4 is 29.9 Å². The van der Waals surface area contributed by atoms with E-state index in [1.54, 1.807) is 14.2 Å². The van der Waals surface area contributed by atoms with Crippen LogP contribution in [-0.2, 0) is 13.0 Å². The molecule has 0 heterocycles. The van der Waals surface area contributed by atoms with Gasteiger partial charge in [0.05, 0.1) is 25.3 Å². The van der Waals surface area contributed by atoms with Crippen molar-refractivity contribution < 1.29 is 13.9 Å². The quantitative estimate of drug-likeness (QED) is 0.224. The number of nitrogens with zero attached hydrogens (tertiary/aromatic N) is 2. The lowest BCUT2D eigenvalue weighted by Crippen LogP contribution is -2.37. The number of ether oxygens (including phenoxy) is 2.